The molecule has 0 spiro atoms. The van der Waals surface area contributed by atoms with Gasteiger partial charge in [0.05, 0.1) is 17.7 Å². The summed E-state index contributed by atoms with van der Waals surface area (Å²) in [6.45, 7) is 4.73. The van der Waals surface area contributed by atoms with Crippen molar-refractivity contribution in [2.24, 2.45) is 10.7 Å². The molecule has 218 valence electrons. The number of allylic oxidation sites excluding steroid dienone is 1. The number of likely N-dealkylation sites (tertiary alicyclic amines) is 2. The van der Waals surface area contributed by atoms with Crippen LogP contribution in [0.4, 0.5) is 17.6 Å². The fourth-order valence-corrected chi connectivity index (χ4v) is 5.65. The molecule has 41 heavy (non-hydrogen) atoms. The fraction of sp³-hybridized carbons (Fsp3) is 0.500. The van der Waals surface area contributed by atoms with Crippen LogP contribution in [0.25, 0.3) is 11.3 Å². The molecule has 2 fully saturated rings. The Morgan fingerprint density at radius 2 is 1.85 bits per heavy atom. The lowest BCUT2D eigenvalue weighted by Crippen LogP contribution is -2.36. The number of amidine groups is 1. The second-order valence-electron chi connectivity index (χ2n) is 10.5. The van der Waals surface area contributed by atoms with Crippen molar-refractivity contribution in [1.82, 2.24) is 19.4 Å². The molecule has 0 atom stereocenters. The topological polar surface area (TPSA) is 86.5 Å². The van der Waals surface area contributed by atoms with E-state index < -0.39 is 17.6 Å². The first-order valence-corrected chi connectivity index (χ1v) is 13.9. The second kappa shape index (κ2) is 13.2. The standard InChI is InChI=1S/C30H35F4N7/c1-3-7-27(23(19-35)28(36)37-2)40-14-10-21(11-15-40)29-38-26(20-41(29)17-16-39-12-5-4-6-13-39)22-8-9-25(31)24(18-22)30(32,33)34/h1,8-9,18,20-21H,4-7,10-17H2,2H3,(H2,36,37)/b27-23+. The summed E-state index contributed by atoms with van der Waals surface area (Å²) in [5, 5.41) is 9.71. The number of aliphatic imine (C=N–C) groups is 1. The van der Waals surface area contributed by atoms with Crippen LogP contribution in [0.3, 0.4) is 0 Å². The zero-order valence-corrected chi connectivity index (χ0v) is 23.2. The first-order chi connectivity index (χ1) is 19.7. The van der Waals surface area contributed by atoms with Gasteiger partial charge in [-0.3, -0.25) is 4.99 Å². The van der Waals surface area contributed by atoms with E-state index in [1.807, 2.05) is 4.57 Å². The largest absolute Gasteiger partial charge is 0.419 e. The lowest BCUT2D eigenvalue weighted by Gasteiger charge is -2.35. The number of aromatic nitrogens is 2. The number of rotatable bonds is 8. The molecule has 3 heterocycles. The van der Waals surface area contributed by atoms with Gasteiger partial charge in [-0.2, -0.15) is 18.4 Å². The third-order valence-corrected chi connectivity index (χ3v) is 7.89. The van der Waals surface area contributed by atoms with Gasteiger partial charge in [0.2, 0.25) is 0 Å². The molecule has 0 saturated carbocycles. The van der Waals surface area contributed by atoms with E-state index >= 15 is 0 Å². The van der Waals surface area contributed by atoms with Crippen LogP contribution in [0.1, 0.15) is 55.8 Å². The fourth-order valence-electron chi connectivity index (χ4n) is 5.65. The molecule has 2 aliphatic heterocycles. The molecule has 1 aromatic carbocycles. The van der Waals surface area contributed by atoms with Gasteiger partial charge in [-0.05, 0) is 57.0 Å². The Hall–Kier alpha value is -3.83. The summed E-state index contributed by atoms with van der Waals surface area (Å²) in [6.07, 6.45) is 7.76. The van der Waals surface area contributed by atoms with Crippen molar-refractivity contribution in [1.29, 1.82) is 5.26 Å². The molecule has 4 rings (SSSR count). The van der Waals surface area contributed by atoms with Crippen molar-refractivity contribution in [3.8, 4) is 29.7 Å². The van der Waals surface area contributed by atoms with Gasteiger partial charge in [-0.1, -0.05) is 6.42 Å². The molecule has 11 heteroatoms. The number of imidazole rings is 1. The maximum Gasteiger partial charge on any atom is 0.419 e. The highest BCUT2D eigenvalue weighted by Gasteiger charge is 2.35. The van der Waals surface area contributed by atoms with E-state index in [-0.39, 0.29) is 29.3 Å². The van der Waals surface area contributed by atoms with Gasteiger partial charge in [0.1, 0.15) is 29.1 Å². The Morgan fingerprint density at radius 1 is 1.15 bits per heavy atom. The first kappa shape index (κ1) is 30.1. The summed E-state index contributed by atoms with van der Waals surface area (Å²) in [7, 11) is 1.52. The van der Waals surface area contributed by atoms with Gasteiger partial charge in [0.15, 0.2) is 0 Å². The number of halogens is 4. The average Bonchev–Trinajstić information content (AvgIpc) is 3.40. The van der Waals surface area contributed by atoms with Crippen LogP contribution in [-0.2, 0) is 12.7 Å². The van der Waals surface area contributed by atoms with Crippen LogP contribution in [0.15, 0.2) is 40.7 Å². The number of hydrogen-bond acceptors (Lipinski definition) is 5. The first-order valence-electron chi connectivity index (χ1n) is 13.9. The quantitative estimate of drug-likeness (QED) is 0.156. The third-order valence-electron chi connectivity index (χ3n) is 7.89. The van der Waals surface area contributed by atoms with Crippen molar-refractivity contribution in [2.45, 2.75) is 57.2 Å². The lowest BCUT2D eigenvalue weighted by molar-refractivity contribution is -0.139. The Balaban J connectivity index is 1.62. The van der Waals surface area contributed by atoms with E-state index in [4.69, 9.17) is 17.1 Å². The van der Waals surface area contributed by atoms with Crippen LogP contribution in [0, 0.1) is 29.5 Å². The zero-order valence-electron chi connectivity index (χ0n) is 23.2. The van der Waals surface area contributed by atoms with Crippen LogP contribution in [-0.4, -0.2) is 65.0 Å². The van der Waals surface area contributed by atoms with Gasteiger partial charge >= 0.3 is 6.18 Å². The highest BCUT2D eigenvalue weighted by atomic mass is 19.4. The summed E-state index contributed by atoms with van der Waals surface area (Å²) in [5.74, 6) is 2.28. The Bertz CT molecular complexity index is 1360. The second-order valence-corrected chi connectivity index (χ2v) is 10.5. The number of nitrogens with zero attached hydrogens (tertiary/aromatic N) is 6. The smallest absolute Gasteiger partial charge is 0.383 e. The van der Waals surface area contributed by atoms with Crippen LogP contribution in [0.2, 0.25) is 0 Å². The molecule has 2 N–H and O–H groups in total. The van der Waals surface area contributed by atoms with Gasteiger partial charge in [0.25, 0.3) is 0 Å². The van der Waals surface area contributed by atoms with Gasteiger partial charge in [0, 0.05) is 56.6 Å². The molecular formula is C30H35F4N7. The van der Waals surface area contributed by atoms with Gasteiger partial charge in [-0.25, -0.2) is 9.37 Å². The predicted octanol–water partition coefficient (Wildman–Crippen LogP) is 5.16. The van der Waals surface area contributed by atoms with E-state index in [0.717, 1.165) is 50.4 Å². The molecule has 0 unspecified atom stereocenters. The minimum absolute atomic E-state index is 0.0405. The van der Waals surface area contributed by atoms with Crippen molar-refractivity contribution in [3.63, 3.8) is 0 Å². The van der Waals surface area contributed by atoms with Crippen molar-refractivity contribution < 1.29 is 17.6 Å². The lowest BCUT2D eigenvalue weighted by atomic mass is 9.94. The van der Waals surface area contributed by atoms with Gasteiger partial charge in [-0.15, -0.1) is 12.3 Å². The van der Waals surface area contributed by atoms with Gasteiger partial charge < -0.3 is 20.1 Å². The molecule has 0 radical (unpaired) electrons. The molecule has 0 aliphatic carbocycles. The Kier molecular flexibility index (Phi) is 9.72. The van der Waals surface area contributed by atoms with Crippen LogP contribution >= 0.6 is 0 Å². The maximum atomic E-state index is 14.0. The number of alkyl halides is 3. The van der Waals surface area contributed by atoms with E-state index in [0.29, 0.717) is 43.9 Å². The maximum absolute atomic E-state index is 14.0. The minimum Gasteiger partial charge on any atom is -0.383 e. The number of nitrogens with two attached hydrogens (primary N) is 1. The number of benzene rings is 1. The van der Waals surface area contributed by atoms with E-state index in [9.17, 15) is 22.8 Å². The molecule has 2 aliphatic rings. The van der Waals surface area contributed by atoms with Crippen molar-refractivity contribution in [3.05, 3.63) is 52.9 Å². The van der Waals surface area contributed by atoms with Crippen molar-refractivity contribution >= 4 is 5.84 Å². The molecule has 0 bridgehead atoms. The summed E-state index contributed by atoms with van der Waals surface area (Å²) >= 11 is 0. The minimum atomic E-state index is -4.80. The SMILES string of the molecule is C#CC/C(=C(/C#N)C(N)=NC)N1CCC(c2nc(-c3ccc(F)c(C(F)(F)F)c3)cn2CCN2CCCCC2)CC1. The van der Waals surface area contributed by atoms with E-state index in [1.54, 1.807) is 6.20 Å². The zero-order chi connectivity index (χ0) is 29.6. The summed E-state index contributed by atoms with van der Waals surface area (Å²) < 4.78 is 56.3. The number of terminal acetylenes is 1. The monoisotopic (exact) mass is 569 g/mol. The molecule has 7 nitrogen and oxygen atoms in total. The number of piperidine rings is 2. The molecular weight excluding hydrogens is 534 g/mol. The molecule has 2 aromatic rings. The highest BCUT2D eigenvalue weighted by Crippen LogP contribution is 2.36. The Labute approximate surface area is 238 Å². The molecule has 2 saturated heterocycles. The van der Waals surface area contributed by atoms with E-state index in [1.165, 1.54) is 19.5 Å². The van der Waals surface area contributed by atoms with E-state index in [2.05, 4.69) is 26.8 Å². The normalized spacial score (nSPS) is 18.1. The van der Waals surface area contributed by atoms with Crippen LogP contribution < -0.4 is 5.73 Å². The third kappa shape index (κ3) is 7.09. The number of hydrogen-bond donors (Lipinski definition) is 1. The highest BCUT2D eigenvalue weighted by molar-refractivity contribution is 6.01. The predicted molar refractivity (Wildman–Crippen MR) is 150 cm³/mol. The Morgan fingerprint density at radius 3 is 2.46 bits per heavy atom. The summed E-state index contributed by atoms with van der Waals surface area (Å²) in [4.78, 5) is 13.2. The summed E-state index contributed by atoms with van der Waals surface area (Å²) in [5.41, 5.74) is 6.21. The molecule has 1 aromatic heterocycles. The average molecular weight is 570 g/mol. The number of nitriles is 1. The summed E-state index contributed by atoms with van der Waals surface area (Å²) in [6, 6.07) is 5.16. The van der Waals surface area contributed by atoms with Crippen molar-refractivity contribution in [2.75, 3.05) is 39.8 Å². The molecule has 0 amide bonds. The van der Waals surface area contributed by atoms with Crippen LogP contribution in [0.5, 0.6) is 0 Å².